The highest BCUT2D eigenvalue weighted by Crippen LogP contribution is 2.15. The Morgan fingerprint density at radius 2 is 1.00 bits per heavy atom. The van der Waals surface area contributed by atoms with Crippen molar-refractivity contribution in [1.29, 1.82) is 0 Å². The van der Waals surface area contributed by atoms with Gasteiger partial charge in [-0.1, -0.05) is 111 Å². The summed E-state index contributed by atoms with van der Waals surface area (Å²) in [5.41, 5.74) is 0. The van der Waals surface area contributed by atoms with Gasteiger partial charge >= 0.3 is 0 Å². The van der Waals surface area contributed by atoms with Crippen LogP contribution < -0.4 is 0 Å². The molecule has 0 aromatic rings. The van der Waals surface area contributed by atoms with Crippen LogP contribution in [0.4, 0.5) is 0 Å². The van der Waals surface area contributed by atoms with Crippen molar-refractivity contribution < 1.29 is 0 Å². The molecule has 1 atom stereocenters. The Kier molecular flexibility index (Phi) is 15.1. The van der Waals surface area contributed by atoms with E-state index in [9.17, 15) is 0 Å². The van der Waals surface area contributed by atoms with Gasteiger partial charge in [0, 0.05) is 0 Å². The molecule has 0 saturated carbocycles. The molecule has 0 heteroatoms. The Morgan fingerprint density at radius 1 is 0.611 bits per heavy atom. The van der Waals surface area contributed by atoms with Crippen LogP contribution in [0.25, 0.3) is 0 Å². The molecule has 0 spiro atoms. The maximum Gasteiger partial charge on any atom is -0.0417 e. The van der Waals surface area contributed by atoms with Gasteiger partial charge < -0.3 is 0 Å². The maximum absolute atomic E-state index is 4.15. The van der Waals surface area contributed by atoms with Gasteiger partial charge in [-0.3, -0.25) is 0 Å². The van der Waals surface area contributed by atoms with Crippen LogP contribution in [0.3, 0.4) is 0 Å². The van der Waals surface area contributed by atoms with E-state index in [1.54, 1.807) is 0 Å². The highest BCUT2D eigenvalue weighted by Gasteiger charge is 1.98. The predicted molar refractivity (Wildman–Crippen MR) is 84.8 cm³/mol. The molecular weight excluding hydrogens is 216 g/mol. The van der Waals surface area contributed by atoms with Crippen LogP contribution in [0.2, 0.25) is 0 Å². The molecule has 0 rings (SSSR count). The topological polar surface area (TPSA) is 0 Å². The minimum absolute atomic E-state index is 0.702. The van der Waals surface area contributed by atoms with Crippen molar-refractivity contribution in [3.05, 3.63) is 6.92 Å². The van der Waals surface area contributed by atoms with E-state index in [0.29, 0.717) is 5.92 Å². The molecule has 0 nitrogen and oxygen atoms in total. The van der Waals surface area contributed by atoms with E-state index in [2.05, 4.69) is 20.8 Å². The second-order valence-corrected chi connectivity index (χ2v) is 5.95. The third kappa shape index (κ3) is 14.1. The molecule has 1 radical (unpaired) electrons. The standard InChI is InChI=1S/C18H37/c1-4-6-7-8-9-10-11-12-13-14-15-16-17-18(3)5-2/h18H,3-17H2,1-2H3. The number of rotatable bonds is 14. The van der Waals surface area contributed by atoms with Crippen molar-refractivity contribution in [1.82, 2.24) is 0 Å². The predicted octanol–water partition coefficient (Wildman–Crippen LogP) is 6.94. The van der Waals surface area contributed by atoms with Crippen LogP contribution in [0, 0.1) is 12.8 Å². The first-order chi connectivity index (χ1) is 8.81. The SMILES string of the molecule is [CH2]C(CC)CCCCCCCCCCCCCC. The summed E-state index contributed by atoms with van der Waals surface area (Å²) < 4.78 is 0. The Balaban J connectivity index is 2.94. The normalized spacial score (nSPS) is 12.8. The second-order valence-electron chi connectivity index (χ2n) is 5.95. The average molecular weight is 253 g/mol. The molecule has 0 fully saturated rings. The third-order valence-electron chi connectivity index (χ3n) is 4.04. The van der Waals surface area contributed by atoms with E-state index in [1.807, 2.05) is 0 Å². The summed E-state index contributed by atoms with van der Waals surface area (Å²) in [5, 5.41) is 0. The molecule has 109 valence electrons. The number of unbranched alkanes of at least 4 members (excludes halogenated alkanes) is 11. The van der Waals surface area contributed by atoms with Gasteiger partial charge in [0.15, 0.2) is 0 Å². The average Bonchev–Trinajstić information content (AvgIpc) is 2.39. The zero-order valence-corrected chi connectivity index (χ0v) is 13.2. The molecular formula is C18H37. The molecule has 0 aromatic heterocycles. The highest BCUT2D eigenvalue weighted by molar-refractivity contribution is 4.58. The molecule has 0 aliphatic heterocycles. The quantitative estimate of drug-likeness (QED) is 0.294. The maximum atomic E-state index is 4.15. The van der Waals surface area contributed by atoms with Crippen LogP contribution >= 0.6 is 0 Å². The summed E-state index contributed by atoms with van der Waals surface area (Å²) in [6.45, 7) is 8.68. The monoisotopic (exact) mass is 253 g/mol. The fraction of sp³-hybridized carbons (Fsp3) is 0.944. The summed E-state index contributed by atoms with van der Waals surface area (Å²) in [6.07, 6.45) is 19.9. The van der Waals surface area contributed by atoms with Crippen molar-refractivity contribution >= 4 is 0 Å². The van der Waals surface area contributed by atoms with Crippen molar-refractivity contribution in [2.45, 2.75) is 104 Å². The fourth-order valence-electron chi connectivity index (χ4n) is 2.48. The minimum atomic E-state index is 0.702. The largest absolute Gasteiger partial charge is 0.0654 e. The van der Waals surface area contributed by atoms with Gasteiger partial charge in [0.25, 0.3) is 0 Å². The third-order valence-corrected chi connectivity index (χ3v) is 4.04. The summed E-state index contributed by atoms with van der Waals surface area (Å²) in [6, 6.07) is 0. The molecule has 0 amide bonds. The second kappa shape index (κ2) is 15.1. The first kappa shape index (κ1) is 18.0. The van der Waals surface area contributed by atoms with Gasteiger partial charge in [-0.05, 0) is 5.92 Å². The van der Waals surface area contributed by atoms with Gasteiger partial charge in [0.05, 0.1) is 0 Å². The van der Waals surface area contributed by atoms with E-state index in [0.717, 1.165) is 0 Å². The van der Waals surface area contributed by atoms with E-state index in [4.69, 9.17) is 0 Å². The molecule has 0 N–H and O–H groups in total. The van der Waals surface area contributed by atoms with Crippen LogP contribution in [0.1, 0.15) is 104 Å². The zero-order valence-electron chi connectivity index (χ0n) is 13.2. The summed E-state index contributed by atoms with van der Waals surface area (Å²) in [4.78, 5) is 0. The molecule has 0 aliphatic rings. The van der Waals surface area contributed by atoms with E-state index >= 15 is 0 Å². The van der Waals surface area contributed by atoms with Crippen LogP contribution in [0.5, 0.6) is 0 Å². The molecule has 0 bridgehead atoms. The summed E-state index contributed by atoms with van der Waals surface area (Å²) in [7, 11) is 0. The Bertz CT molecular complexity index is 139. The lowest BCUT2D eigenvalue weighted by Gasteiger charge is -2.07. The van der Waals surface area contributed by atoms with E-state index < -0.39 is 0 Å². The number of hydrogen-bond donors (Lipinski definition) is 0. The van der Waals surface area contributed by atoms with Gasteiger partial charge in [0.1, 0.15) is 0 Å². The Hall–Kier alpha value is 0. The zero-order chi connectivity index (χ0) is 13.5. The first-order valence-corrected chi connectivity index (χ1v) is 8.64. The summed E-state index contributed by atoms with van der Waals surface area (Å²) >= 11 is 0. The van der Waals surface area contributed by atoms with Crippen LogP contribution in [-0.4, -0.2) is 0 Å². The molecule has 18 heavy (non-hydrogen) atoms. The molecule has 0 aliphatic carbocycles. The molecule has 0 aromatic carbocycles. The van der Waals surface area contributed by atoms with Gasteiger partial charge in [-0.15, -0.1) is 0 Å². The van der Waals surface area contributed by atoms with E-state index in [-0.39, 0.29) is 0 Å². The van der Waals surface area contributed by atoms with Gasteiger partial charge in [-0.2, -0.15) is 0 Å². The first-order valence-electron chi connectivity index (χ1n) is 8.64. The summed E-state index contributed by atoms with van der Waals surface area (Å²) in [5.74, 6) is 0.702. The lowest BCUT2D eigenvalue weighted by Crippen LogP contribution is -1.92. The van der Waals surface area contributed by atoms with Crippen LogP contribution in [0.15, 0.2) is 0 Å². The van der Waals surface area contributed by atoms with Gasteiger partial charge in [-0.25, -0.2) is 0 Å². The highest BCUT2D eigenvalue weighted by atomic mass is 14.0. The molecule has 1 unspecified atom stereocenters. The van der Waals surface area contributed by atoms with Crippen molar-refractivity contribution in [3.63, 3.8) is 0 Å². The molecule has 0 saturated heterocycles. The van der Waals surface area contributed by atoms with Crippen LogP contribution in [-0.2, 0) is 0 Å². The minimum Gasteiger partial charge on any atom is -0.0654 e. The lowest BCUT2D eigenvalue weighted by atomic mass is 9.99. The van der Waals surface area contributed by atoms with E-state index in [1.165, 1.54) is 89.9 Å². The van der Waals surface area contributed by atoms with Gasteiger partial charge in [0.2, 0.25) is 0 Å². The van der Waals surface area contributed by atoms with Crippen molar-refractivity contribution in [3.8, 4) is 0 Å². The molecule has 0 heterocycles. The van der Waals surface area contributed by atoms with Crippen molar-refractivity contribution in [2.75, 3.05) is 0 Å². The van der Waals surface area contributed by atoms with Crippen molar-refractivity contribution in [2.24, 2.45) is 5.92 Å². The number of hydrogen-bond acceptors (Lipinski definition) is 0. The lowest BCUT2D eigenvalue weighted by molar-refractivity contribution is 0.498. The Morgan fingerprint density at radius 3 is 1.39 bits per heavy atom. The smallest absolute Gasteiger partial charge is 0.0417 e. The Labute approximate surface area is 117 Å². The fourth-order valence-corrected chi connectivity index (χ4v) is 2.48.